The molecule has 48 heavy (non-hydrogen) atoms. The minimum atomic E-state index is -3.21. The Bertz CT molecular complexity index is 1660. The Morgan fingerprint density at radius 1 is 1.02 bits per heavy atom. The van der Waals surface area contributed by atoms with Gasteiger partial charge in [0.2, 0.25) is 0 Å². The van der Waals surface area contributed by atoms with Crippen molar-refractivity contribution in [1.29, 1.82) is 0 Å². The van der Waals surface area contributed by atoms with E-state index in [9.17, 15) is 23.1 Å². The Morgan fingerprint density at radius 3 is 2.38 bits per heavy atom. The zero-order valence-corrected chi connectivity index (χ0v) is 29.2. The molecule has 2 aromatic carbocycles. The van der Waals surface area contributed by atoms with Gasteiger partial charge in [-0.25, -0.2) is 18.2 Å². The van der Waals surface area contributed by atoms with E-state index in [1.54, 1.807) is 11.2 Å². The lowest BCUT2D eigenvalue weighted by molar-refractivity contribution is -0.0969. The van der Waals surface area contributed by atoms with Crippen molar-refractivity contribution in [1.82, 2.24) is 19.4 Å². The summed E-state index contributed by atoms with van der Waals surface area (Å²) in [5, 5.41) is 12.0. The fourth-order valence-electron chi connectivity index (χ4n) is 6.68. The van der Waals surface area contributed by atoms with E-state index >= 15 is 0 Å². The van der Waals surface area contributed by atoms with Gasteiger partial charge in [0.25, 0.3) is 5.91 Å². The molecular formula is C36H48N4O7S. The van der Waals surface area contributed by atoms with Gasteiger partial charge in [0.1, 0.15) is 21.0 Å². The summed E-state index contributed by atoms with van der Waals surface area (Å²) in [7, 11) is -3.21. The highest BCUT2D eigenvalue weighted by Gasteiger charge is 2.43. The molecular weight excluding hydrogens is 632 g/mol. The number of piperazine rings is 1. The predicted octanol–water partition coefficient (Wildman–Crippen LogP) is 4.76. The van der Waals surface area contributed by atoms with Crippen molar-refractivity contribution in [2.45, 2.75) is 76.2 Å². The molecule has 1 N–H and O–H groups in total. The molecule has 3 atom stereocenters. The summed E-state index contributed by atoms with van der Waals surface area (Å²) in [4.78, 5) is 35.9. The second kappa shape index (κ2) is 14.8. The van der Waals surface area contributed by atoms with Gasteiger partial charge in [-0.2, -0.15) is 0 Å². The minimum absolute atomic E-state index is 0.00878. The van der Waals surface area contributed by atoms with Gasteiger partial charge in [0.05, 0.1) is 43.1 Å². The third kappa shape index (κ3) is 8.83. The maximum atomic E-state index is 14.6. The van der Waals surface area contributed by atoms with Gasteiger partial charge in [0.15, 0.2) is 5.69 Å². The van der Waals surface area contributed by atoms with Crippen LogP contribution in [0.1, 0.15) is 68.5 Å². The number of imidazole rings is 1. The number of aliphatic hydroxyl groups is 1. The molecule has 1 aromatic heterocycles. The quantitative estimate of drug-likeness (QED) is 0.304. The third-order valence-electron chi connectivity index (χ3n) is 9.00. The summed E-state index contributed by atoms with van der Waals surface area (Å²) in [5.41, 5.74) is 0.788. The number of benzene rings is 2. The summed E-state index contributed by atoms with van der Waals surface area (Å²) < 4.78 is 36.7. The number of carbonyl (C=O) groups is 2. The number of aromatic nitrogens is 2. The maximum Gasteiger partial charge on any atom is 0.410 e. The standard InChI is InChI=1S/C36H48N4O7S/c1-35(2,3)47-34(42)38-19-20-39(29(24-38)23-27-13-7-5-8-14-27)33(41)31-32(28-15-9-6-10-16-28)40(26-37-31)30-17-11-12-18-36(30,43)25-46-21-22-48(4,44)45/h5-10,13-16,26,29-30,43H,11-12,17-25H2,1-4H3/t29-,30?,36?/m1/s1. The molecule has 3 aromatic rings. The van der Waals surface area contributed by atoms with Crippen LogP contribution in [-0.2, 0) is 25.7 Å². The molecule has 2 heterocycles. The molecule has 11 nitrogen and oxygen atoms in total. The van der Waals surface area contributed by atoms with Crippen molar-refractivity contribution in [3.63, 3.8) is 0 Å². The molecule has 0 spiro atoms. The van der Waals surface area contributed by atoms with Gasteiger partial charge < -0.3 is 28.9 Å². The van der Waals surface area contributed by atoms with Crippen LogP contribution in [-0.4, -0.2) is 107 Å². The number of sulfone groups is 1. The molecule has 0 bridgehead atoms. The normalized spacial score (nSPS) is 22.0. The van der Waals surface area contributed by atoms with Crippen LogP contribution in [0.25, 0.3) is 11.3 Å². The van der Waals surface area contributed by atoms with Gasteiger partial charge in [0, 0.05) is 31.5 Å². The second-order valence-corrected chi connectivity index (χ2v) is 16.3. The van der Waals surface area contributed by atoms with E-state index < -0.39 is 33.2 Å². The molecule has 0 radical (unpaired) electrons. The molecule has 5 rings (SSSR count). The van der Waals surface area contributed by atoms with Crippen LogP contribution in [0.2, 0.25) is 0 Å². The molecule has 2 amide bonds. The van der Waals surface area contributed by atoms with Crippen molar-refractivity contribution < 1.29 is 32.6 Å². The molecule has 2 fully saturated rings. The van der Waals surface area contributed by atoms with Crippen LogP contribution < -0.4 is 0 Å². The van der Waals surface area contributed by atoms with Crippen LogP contribution in [0.15, 0.2) is 67.0 Å². The van der Waals surface area contributed by atoms with Crippen molar-refractivity contribution in [2.24, 2.45) is 0 Å². The minimum Gasteiger partial charge on any atom is -0.444 e. The van der Waals surface area contributed by atoms with Gasteiger partial charge in [-0.1, -0.05) is 73.5 Å². The summed E-state index contributed by atoms with van der Waals surface area (Å²) in [6.07, 6.45) is 5.71. The van der Waals surface area contributed by atoms with E-state index in [-0.39, 0.29) is 36.6 Å². The Balaban J connectivity index is 1.48. The van der Waals surface area contributed by atoms with E-state index in [1.165, 1.54) is 0 Å². The van der Waals surface area contributed by atoms with Crippen LogP contribution in [0.5, 0.6) is 0 Å². The fraction of sp³-hybridized carbons (Fsp3) is 0.528. The monoisotopic (exact) mass is 680 g/mol. The molecule has 260 valence electrons. The number of ether oxygens (including phenoxy) is 2. The summed E-state index contributed by atoms with van der Waals surface area (Å²) in [5.74, 6) is -0.376. The zero-order valence-electron chi connectivity index (χ0n) is 28.4. The average Bonchev–Trinajstić information content (AvgIpc) is 3.47. The lowest BCUT2D eigenvalue weighted by atomic mass is 9.80. The van der Waals surface area contributed by atoms with Crippen LogP contribution in [0, 0.1) is 0 Å². The Morgan fingerprint density at radius 2 is 1.71 bits per heavy atom. The Labute approximate surface area is 283 Å². The molecule has 1 aliphatic carbocycles. The lowest BCUT2D eigenvalue weighted by Gasteiger charge is -2.42. The average molecular weight is 681 g/mol. The second-order valence-electron chi connectivity index (χ2n) is 14.0. The van der Waals surface area contributed by atoms with Crippen molar-refractivity contribution >= 4 is 21.8 Å². The van der Waals surface area contributed by atoms with Gasteiger partial charge >= 0.3 is 6.09 Å². The van der Waals surface area contributed by atoms with Crippen molar-refractivity contribution in [3.05, 3.63) is 78.2 Å². The number of nitrogens with zero attached hydrogens (tertiary/aromatic N) is 4. The van der Waals surface area contributed by atoms with Crippen LogP contribution >= 0.6 is 0 Å². The number of amides is 2. The molecule has 2 aliphatic rings. The van der Waals surface area contributed by atoms with E-state index in [0.717, 1.165) is 30.2 Å². The summed E-state index contributed by atoms with van der Waals surface area (Å²) >= 11 is 0. The Hall–Kier alpha value is -3.74. The largest absolute Gasteiger partial charge is 0.444 e. The highest BCUT2D eigenvalue weighted by Crippen LogP contribution is 2.41. The van der Waals surface area contributed by atoms with E-state index in [1.807, 2.05) is 90.9 Å². The topological polar surface area (TPSA) is 131 Å². The van der Waals surface area contributed by atoms with Crippen LogP contribution in [0.3, 0.4) is 0 Å². The van der Waals surface area contributed by atoms with Crippen molar-refractivity contribution in [3.8, 4) is 11.3 Å². The number of rotatable bonds is 10. The maximum absolute atomic E-state index is 14.6. The zero-order chi connectivity index (χ0) is 34.5. The molecule has 12 heteroatoms. The predicted molar refractivity (Wildman–Crippen MR) is 183 cm³/mol. The molecule has 1 aliphatic heterocycles. The summed E-state index contributed by atoms with van der Waals surface area (Å²) in [6.45, 7) is 6.40. The first-order chi connectivity index (χ1) is 22.7. The molecule has 1 saturated heterocycles. The van der Waals surface area contributed by atoms with Crippen LogP contribution in [0.4, 0.5) is 4.79 Å². The SMILES string of the molecule is CC(C)(C)OC(=O)N1CCN(C(=O)c2ncn(C3CCCCC3(O)COCCS(C)(=O)=O)c2-c2ccccc2)[C@H](Cc2ccccc2)C1. The first-order valence-electron chi connectivity index (χ1n) is 16.7. The summed E-state index contributed by atoms with van der Waals surface area (Å²) in [6, 6.07) is 18.7. The smallest absolute Gasteiger partial charge is 0.410 e. The third-order valence-corrected chi connectivity index (χ3v) is 9.91. The number of hydrogen-bond acceptors (Lipinski definition) is 8. The van der Waals surface area contributed by atoms with Crippen molar-refractivity contribution in [2.75, 3.05) is 44.9 Å². The fourth-order valence-corrected chi connectivity index (χ4v) is 7.10. The van der Waals surface area contributed by atoms with E-state index in [2.05, 4.69) is 0 Å². The van der Waals surface area contributed by atoms with Gasteiger partial charge in [-0.3, -0.25) is 4.79 Å². The molecule has 1 saturated carbocycles. The lowest BCUT2D eigenvalue weighted by Crippen LogP contribution is -2.58. The number of carbonyl (C=O) groups excluding carboxylic acids is 2. The van der Waals surface area contributed by atoms with E-state index in [4.69, 9.17) is 14.5 Å². The first-order valence-corrected chi connectivity index (χ1v) is 18.7. The molecule has 2 unspecified atom stereocenters. The highest BCUT2D eigenvalue weighted by molar-refractivity contribution is 7.90. The first kappa shape index (κ1) is 35.6. The number of hydrogen-bond donors (Lipinski definition) is 1. The Kier molecular flexibility index (Phi) is 11.0. The van der Waals surface area contributed by atoms with Gasteiger partial charge in [-0.05, 0) is 45.6 Å². The highest BCUT2D eigenvalue weighted by atomic mass is 32.2. The van der Waals surface area contributed by atoms with Gasteiger partial charge in [-0.15, -0.1) is 0 Å². The van der Waals surface area contributed by atoms with E-state index in [0.29, 0.717) is 44.6 Å².